The van der Waals surface area contributed by atoms with Gasteiger partial charge in [0.1, 0.15) is 6.26 Å². The number of guanidine groups is 1. The highest BCUT2D eigenvalue weighted by Gasteiger charge is 2.36. The molecule has 1 N–H and O–H groups in total. The largest absolute Gasteiger partial charge is 0.435 e. The van der Waals surface area contributed by atoms with Gasteiger partial charge in [0.2, 0.25) is 0 Å². The molecule has 1 aliphatic heterocycles. The number of rotatable bonds is 5. The standard InChI is InChI=1S/C17H24F3N7O.HI/c1-3-21-16(22-10-13-11-25(2)23-15(13)17(18,19)20)27-7-5-26(6-8-27)12-14-4-9-28-24-14;/h4,9,11H,3,5-8,10,12H2,1-2H3,(H,21,22);1H. The van der Waals surface area contributed by atoms with Crippen LogP contribution in [0, 0.1) is 0 Å². The molecule has 0 aliphatic carbocycles. The number of alkyl halides is 3. The highest BCUT2D eigenvalue weighted by atomic mass is 127. The maximum absolute atomic E-state index is 13.1. The lowest BCUT2D eigenvalue weighted by atomic mass is 10.2. The van der Waals surface area contributed by atoms with E-state index in [9.17, 15) is 13.2 Å². The van der Waals surface area contributed by atoms with Gasteiger partial charge in [-0.05, 0) is 6.92 Å². The number of aromatic nitrogens is 3. The normalized spacial score (nSPS) is 16.0. The number of halogens is 4. The lowest BCUT2D eigenvalue weighted by Crippen LogP contribution is -2.52. The summed E-state index contributed by atoms with van der Waals surface area (Å²) < 4.78 is 45.4. The van der Waals surface area contributed by atoms with Gasteiger partial charge >= 0.3 is 6.18 Å². The Balaban J connectivity index is 0.00000300. The summed E-state index contributed by atoms with van der Waals surface area (Å²) in [6, 6.07) is 1.84. The van der Waals surface area contributed by atoms with Gasteiger partial charge < -0.3 is 14.7 Å². The smallest absolute Gasteiger partial charge is 0.364 e. The summed E-state index contributed by atoms with van der Waals surface area (Å²) in [5, 5.41) is 10.6. The van der Waals surface area contributed by atoms with E-state index in [0.717, 1.165) is 31.9 Å². The van der Waals surface area contributed by atoms with Crippen molar-refractivity contribution in [2.24, 2.45) is 12.0 Å². The number of nitrogens with one attached hydrogen (secondary N) is 1. The summed E-state index contributed by atoms with van der Waals surface area (Å²) >= 11 is 0. The molecule has 0 radical (unpaired) electrons. The fourth-order valence-electron chi connectivity index (χ4n) is 3.14. The molecular weight excluding hydrogens is 502 g/mol. The van der Waals surface area contributed by atoms with Gasteiger partial charge in [-0.1, -0.05) is 5.16 Å². The van der Waals surface area contributed by atoms with Crippen molar-refractivity contribution in [3.8, 4) is 0 Å². The second-order valence-electron chi connectivity index (χ2n) is 6.60. The third-order valence-corrected chi connectivity index (χ3v) is 4.46. The zero-order chi connectivity index (χ0) is 20.1. The quantitative estimate of drug-likeness (QED) is 0.366. The summed E-state index contributed by atoms with van der Waals surface area (Å²) in [4.78, 5) is 8.74. The molecule has 0 bridgehead atoms. The van der Waals surface area contributed by atoms with Crippen LogP contribution in [0.2, 0.25) is 0 Å². The highest BCUT2D eigenvalue weighted by molar-refractivity contribution is 14.0. The first-order chi connectivity index (χ1) is 13.4. The molecule has 0 spiro atoms. The molecule has 162 valence electrons. The van der Waals surface area contributed by atoms with Gasteiger partial charge in [-0.15, -0.1) is 24.0 Å². The Kier molecular flexibility index (Phi) is 8.31. The van der Waals surface area contributed by atoms with E-state index in [1.807, 2.05) is 13.0 Å². The Morgan fingerprint density at radius 1 is 1.28 bits per heavy atom. The van der Waals surface area contributed by atoms with Gasteiger partial charge in [-0.25, -0.2) is 4.99 Å². The molecule has 0 amide bonds. The zero-order valence-electron chi connectivity index (χ0n) is 16.3. The number of hydrogen-bond donors (Lipinski definition) is 1. The molecule has 1 fully saturated rings. The Hall–Kier alpha value is -1.83. The molecule has 29 heavy (non-hydrogen) atoms. The van der Waals surface area contributed by atoms with Crippen LogP contribution in [0.25, 0.3) is 0 Å². The van der Waals surface area contributed by atoms with Gasteiger partial charge in [0.05, 0.1) is 12.2 Å². The number of nitrogens with zero attached hydrogens (tertiary/aromatic N) is 6. The van der Waals surface area contributed by atoms with Crippen molar-refractivity contribution >= 4 is 29.9 Å². The van der Waals surface area contributed by atoms with Gasteiger partial charge in [0, 0.05) is 64.1 Å². The van der Waals surface area contributed by atoms with Crippen LogP contribution in [0.3, 0.4) is 0 Å². The second kappa shape index (κ2) is 10.3. The van der Waals surface area contributed by atoms with E-state index < -0.39 is 11.9 Å². The van der Waals surface area contributed by atoms with Crippen molar-refractivity contribution in [1.29, 1.82) is 0 Å². The third-order valence-electron chi connectivity index (χ3n) is 4.46. The molecule has 1 saturated heterocycles. The lowest BCUT2D eigenvalue weighted by Gasteiger charge is -2.36. The Bertz CT molecular complexity index is 784. The Morgan fingerprint density at radius 3 is 2.59 bits per heavy atom. The molecule has 0 aromatic carbocycles. The molecule has 3 rings (SSSR count). The van der Waals surface area contributed by atoms with Crippen LogP contribution in [0.5, 0.6) is 0 Å². The van der Waals surface area contributed by atoms with Crippen molar-refractivity contribution in [2.45, 2.75) is 26.2 Å². The SMILES string of the molecule is CCNC(=NCc1cn(C)nc1C(F)(F)F)N1CCN(Cc2ccon2)CC1.I. The van der Waals surface area contributed by atoms with Crippen LogP contribution in [0.4, 0.5) is 13.2 Å². The predicted molar refractivity (Wildman–Crippen MR) is 112 cm³/mol. The summed E-state index contributed by atoms with van der Waals surface area (Å²) in [6.45, 7) is 6.26. The first kappa shape index (κ1) is 23.4. The Labute approximate surface area is 184 Å². The maximum Gasteiger partial charge on any atom is 0.435 e. The molecule has 3 heterocycles. The van der Waals surface area contributed by atoms with Crippen molar-refractivity contribution in [1.82, 2.24) is 30.1 Å². The zero-order valence-corrected chi connectivity index (χ0v) is 18.6. The number of aryl methyl sites for hydroxylation is 1. The van der Waals surface area contributed by atoms with Crippen molar-refractivity contribution < 1.29 is 17.7 Å². The Morgan fingerprint density at radius 2 is 2.00 bits per heavy atom. The molecule has 0 saturated carbocycles. The van der Waals surface area contributed by atoms with E-state index in [0.29, 0.717) is 19.0 Å². The van der Waals surface area contributed by atoms with E-state index >= 15 is 0 Å². The monoisotopic (exact) mass is 527 g/mol. The summed E-state index contributed by atoms with van der Waals surface area (Å²) in [5.41, 5.74) is 0.0624. The van der Waals surface area contributed by atoms with Gasteiger partial charge in [-0.3, -0.25) is 9.58 Å². The van der Waals surface area contributed by atoms with Crippen LogP contribution in [-0.2, 0) is 26.3 Å². The number of hydrogen-bond acceptors (Lipinski definition) is 5. The van der Waals surface area contributed by atoms with Crippen molar-refractivity contribution in [2.75, 3.05) is 32.7 Å². The van der Waals surface area contributed by atoms with Gasteiger partial charge in [0.15, 0.2) is 11.7 Å². The van der Waals surface area contributed by atoms with Crippen molar-refractivity contribution in [3.63, 3.8) is 0 Å². The molecule has 2 aromatic heterocycles. The van der Waals surface area contributed by atoms with Crippen molar-refractivity contribution in [3.05, 3.63) is 35.5 Å². The average molecular weight is 527 g/mol. The molecule has 12 heteroatoms. The first-order valence-electron chi connectivity index (χ1n) is 9.11. The maximum atomic E-state index is 13.1. The topological polar surface area (TPSA) is 74.7 Å². The fraction of sp³-hybridized carbons (Fsp3) is 0.588. The molecule has 8 nitrogen and oxygen atoms in total. The minimum Gasteiger partial charge on any atom is -0.364 e. The summed E-state index contributed by atoms with van der Waals surface area (Å²) in [5.74, 6) is 0.612. The van der Waals surface area contributed by atoms with Gasteiger partial charge in [0.25, 0.3) is 0 Å². The first-order valence-corrected chi connectivity index (χ1v) is 9.11. The molecule has 2 aromatic rings. The molecular formula is C17H25F3IN7O. The van der Waals surface area contributed by atoms with E-state index in [2.05, 4.69) is 30.4 Å². The van der Waals surface area contributed by atoms with Gasteiger partial charge in [-0.2, -0.15) is 18.3 Å². The van der Waals surface area contributed by atoms with E-state index in [-0.39, 0.29) is 36.1 Å². The highest BCUT2D eigenvalue weighted by Crippen LogP contribution is 2.30. The second-order valence-corrected chi connectivity index (χ2v) is 6.60. The van der Waals surface area contributed by atoms with Crippen LogP contribution < -0.4 is 5.32 Å². The average Bonchev–Trinajstić information content (AvgIpc) is 3.28. The minimum absolute atomic E-state index is 0. The van der Waals surface area contributed by atoms with Crippen LogP contribution >= 0.6 is 24.0 Å². The number of piperazine rings is 1. The van der Waals surface area contributed by atoms with E-state index in [1.165, 1.54) is 17.9 Å². The minimum atomic E-state index is -4.49. The summed E-state index contributed by atoms with van der Waals surface area (Å²) in [7, 11) is 1.47. The predicted octanol–water partition coefficient (Wildman–Crippen LogP) is 2.33. The van der Waals surface area contributed by atoms with E-state index in [4.69, 9.17) is 4.52 Å². The fourth-order valence-corrected chi connectivity index (χ4v) is 3.14. The third kappa shape index (κ3) is 6.32. The lowest BCUT2D eigenvalue weighted by molar-refractivity contribution is -0.142. The van der Waals surface area contributed by atoms with Crippen LogP contribution in [-0.4, -0.2) is 63.4 Å². The molecule has 0 unspecified atom stereocenters. The van der Waals surface area contributed by atoms with E-state index in [1.54, 1.807) is 6.26 Å². The summed E-state index contributed by atoms with van der Waals surface area (Å²) in [6.07, 6.45) is -1.57. The molecule has 0 atom stereocenters. The molecule has 1 aliphatic rings. The van der Waals surface area contributed by atoms with Crippen LogP contribution in [0.15, 0.2) is 28.0 Å². The number of aliphatic imine (C=N–C) groups is 1. The van der Waals surface area contributed by atoms with Crippen LogP contribution in [0.1, 0.15) is 23.9 Å².